The van der Waals surface area contributed by atoms with Crippen LogP contribution < -0.4 is 15.2 Å². The summed E-state index contributed by atoms with van der Waals surface area (Å²) in [6.45, 7) is 2.35. The largest absolute Gasteiger partial charge is 0.492 e. The SMILES string of the molecule is NC1=NS(O)(O)Nc2cccc(OCC3CCCN([C@H](C=O)C4CC4)C3)c21. The molecule has 0 amide bonds. The number of nitrogens with two attached hydrogens (primary N) is 1. The molecule has 9 heteroatoms. The first-order chi connectivity index (χ1) is 13.0. The molecule has 0 spiro atoms. The van der Waals surface area contributed by atoms with Gasteiger partial charge in [-0.15, -0.1) is 4.40 Å². The first-order valence-corrected chi connectivity index (χ1v) is 10.8. The van der Waals surface area contributed by atoms with Gasteiger partial charge in [-0.3, -0.25) is 18.7 Å². The molecule has 2 heterocycles. The van der Waals surface area contributed by atoms with Crippen LogP contribution in [0.1, 0.15) is 31.2 Å². The monoisotopic (exact) mass is 394 g/mol. The van der Waals surface area contributed by atoms with Gasteiger partial charge in [-0.1, -0.05) is 6.07 Å². The van der Waals surface area contributed by atoms with E-state index in [1.54, 1.807) is 18.2 Å². The quantitative estimate of drug-likeness (QED) is 0.547. The fourth-order valence-corrected chi connectivity index (χ4v) is 4.87. The summed E-state index contributed by atoms with van der Waals surface area (Å²) >= 11 is 0. The summed E-state index contributed by atoms with van der Waals surface area (Å²) in [5.74, 6) is 1.50. The zero-order chi connectivity index (χ0) is 19.0. The molecule has 3 aliphatic rings. The van der Waals surface area contributed by atoms with E-state index in [9.17, 15) is 13.9 Å². The van der Waals surface area contributed by atoms with Crippen molar-refractivity contribution in [2.24, 2.45) is 22.0 Å². The lowest BCUT2D eigenvalue weighted by Crippen LogP contribution is -2.45. The van der Waals surface area contributed by atoms with Crippen LogP contribution in [0, 0.1) is 11.8 Å². The van der Waals surface area contributed by atoms with Crippen molar-refractivity contribution < 1.29 is 18.6 Å². The Morgan fingerprint density at radius 2 is 2.22 bits per heavy atom. The van der Waals surface area contributed by atoms with Crippen molar-refractivity contribution in [2.45, 2.75) is 31.7 Å². The van der Waals surface area contributed by atoms with Crippen molar-refractivity contribution in [1.29, 1.82) is 0 Å². The molecule has 1 saturated carbocycles. The van der Waals surface area contributed by atoms with E-state index in [0.29, 0.717) is 35.4 Å². The second-order valence-electron chi connectivity index (χ2n) is 7.55. The highest BCUT2D eigenvalue weighted by Gasteiger charge is 2.37. The maximum absolute atomic E-state index is 11.5. The van der Waals surface area contributed by atoms with Crippen LogP contribution in [0.3, 0.4) is 0 Å². The Kier molecular flexibility index (Phi) is 5.02. The number of aldehydes is 1. The van der Waals surface area contributed by atoms with E-state index in [2.05, 4.69) is 14.0 Å². The standard InChI is InChI=1S/C18H26N4O4S/c19-18-17-14(20-27(24,25)21-18)4-1-5-16(17)26-11-12-3-2-8-22(9-12)15(10-23)13-6-7-13/h1,4-5,10,12-13,15,20,24-25H,2-3,6-9,11H2,(H2,19,21)/t12?,15-/m1/s1. The molecule has 1 aromatic rings. The van der Waals surface area contributed by atoms with Crippen LogP contribution in [0.25, 0.3) is 0 Å². The number of piperidine rings is 1. The molecule has 0 bridgehead atoms. The minimum absolute atomic E-state index is 0.0504. The van der Waals surface area contributed by atoms with Gasteiger partial charge < -0.3 is 15.3 Å². The highest BCUT2D eigenvalue weighted by atomic mass is 32.3. The van der Waals surface area contributed by atoms with Gasteiger partial charge in [0.15, 0.2) is 5.84 Å². The molecule has 0 aromatic heterocycles. The Morgan fingerprint density at radius 3 is 2.96 bits per heavy atom. The smallest absolute Gasteiger partial charge is 0.158 e. The molecule has 1 saturated heterocycles. The van der Waals surface area contributed by atoms with Crippen LogP contribution in [-0.2, 0) is 4.79 Å². The summed E-state index contributed by atoms with van der Waals surface area (Å²) in [5, 5.41) is 0. The topological polar surface area (TPSA) is 120 Å². The fraction of sp³-hybridized carbons (Fsp3) is 0.556. The fourth-order valence-electron chi connectivity index (χ4n) is 4.00. The lowest BCUT2D eigenvalue weighted by Gasteiger charge is -2.36. The number of likely N-dealkylation sites (tertiary alicyclic amines) is 1. The number of carbonyl (C=O) groups is 1. The number of ether oxygens (including phenoxy) is 1. The van der Waals surface area contributed by atoms with Gasteiger partial charge in [-0.2, -0.15) is 0 Å². The third kappa shape index (κ3) is 4.06. The van der Waals surface area contributed by atoms with Gasteiger partial charge >= 0.3 is 0 Å². The van der Waals surface area contributed by atoms with Crippen molar-refractivity contribution >= 4 is 28.8 Å². The summed E-state index contributed by atoms with van der Waals surface area (Å²) in [4.78, 5) is 13.8. The molecule has 5 N–H and O–H groups in total. The molecule has 2 aliphatic heterocycles. The van der Waals surface area contributed by atoms with Crippen molar-refractivity contribution in [2.75, 3.05) is 24.4 Å². The average Bonchev–Trinajstić information content (AvgIpc) is 3.44. The number of benzene rings is 1. The minimum Gasteiger partial charge on any atom is -0.492 e. The van der Waals surface area contributed by atoms with E-state index in [1.807, 2.05) is 0 Å². The second kappa shape index (κ2) is 7.31. The van der Waals surface area contributed by atoms with Gasteiger partial charge in [0.1, 0.15) is 12.0 Å². The number of anilines is 1. The van der Waals surface area contributed by atoms with Crippen molar-refractivity contribution in [1.82, 2.24) is 4.90 Å². The molecule has 148 valence electrons. The minimum atomic E-state index is -3.30. The molecule has 1 aromatic carbocycles. The third-order valence-electron chi connectivity index (χ3n) is 5.45. The average molecular weight is 394 g/mol. The molecule has 2 fully saturated rings. The highest BCUT2D eigenvalue weighted by Crippen LogP contribution is 2.47. The molecule has 1 unspecified atom stereocenters. The molecular weight excluding hydrogens is 368 g/mol. The van der Waals surface area contributed by atoms with Crippen molar-refractivity contribution in [3.63, 3.8) is 0 Å². The summed E-state index contributed by atoms with van der Waals surface area (Å²) < 4.78 is 31.9. The van der Waals surface area contributed by atoms with E-state index in [0.717, 1.165) is 45.1 Å². The van der Waals surface area contributed by atoms with Gasteiger partial charge in [0.2, 0.25) is 0 Å². The molecule has 1 aliphatic carbocycles. The maximum Gasteiger partial charge on any atom is 0.158 e. The second-order valence-corrected chi connectivity index (χ2v) is 8.98. The number of fused-ring (bicyclic) bond motifs is 1. The van der Waals surface area contributed by atoms with Gasteiger partial charge in [-0.05, 0) is 61.2 Å². The van der Waals surface area contributed by atoms with E-state index in [4.69, 9.17) is 10.5 Å². The van der Waals surface area contributed by atoms with E-state index in [-0.39, 0.29) is 11.9 Å². The van der Waals surface area contributed by atoms with Crippen molar-refractivity contribution in [3.05, 3.63) is 23.8 Å². The zero-order valence-electron chi connectivity index (χ0n) is 15.1. The van der Waals surface area contributed by atoms with Crippen LogP contribution in [0.5, 0.6) is 5.75 Å². The first-order valence-electron chi connectivity index (χ1n) is 9.34. The van der Waals surface area contributed by atoms with E-state index in [1.165, 1.54) is 0 Å². The van der Waals surface area contributed by atoms with Crippen LogP contribution in [0.4, 0.5) is 5.69 Å². The van der Waals surface area contributed by atoms with Crippen LogP contribution in [-0.4, -0.2) is 51.9 Å². The Morgan fingerprint density at radius 1 is 1.41 bits per heavy atom. The Bertz CT molecular complexity index is 753. The zero-order valence-corrected chi connectivity index (χ0v) is 15.9. The molecule has 0 radical (unpaired) electrons. The van der Waals surface area contributed by atoms with Gasteiger partial charge in [0.05, 0.1) is 23.9 Å². The van der Waals surface area contributed by atoms with Gasteiger partial charge in [0.25, 0.3) is 0 Å². The predicted octanol–water partition coefficient (Wildman–Crippen LogP) is 2.47. The van der Waals surface area contributed by atoms with E-state index < -0.39 is 11.0 Å². The Labute approximate surface area is 160 Å². The number of nitrogens with zero attached hydrogens (tertiary/aromatic N) is 2. The number of nitrogens with one attached hydrogen (secondary N) is 1. The predicted molar refractivity (Wildman–Crippen MR) is 106 cm³/mol. The lowest BCUT2D eigenvalue weighted by molar-refractivity contribution is -0.114. The van der Waals surface area contributed by atoms with E-state index >= 15 is 0 Å². The third-order valence-corrected chi connectivity index (χ3v) is 6.39. The molecule has 4 rings (SSSR count). The number of hydrogen-bond donors (Lipinski definition) is 4. The van der Waals surface area contributed by atoms with Crippen LogP contribution in [0.15, 0.2) is 22.6 Å². The molecule has 27 heavy (non-hydrogen) atoms. The Balaban J connectivity index is 1.43. The first kappa shape index (κ1) is 18.5. The summed E-state index contributed by atoms with van der Waals surface area (Å²) in [6, 6.07) is 5.34. The lowest BCUT2D eigenvalue weighted by atomic mass is 9.96. The number of amidine groups is 1. The molecular formula is C18H26N4O4S. The van der Waals surface area contributed by atoms with Gasteiger partial charge in [-0.25, -0.2) is 0 Å². The van der Waals surface area contributed by atoms with Crippen LogP contribution >= 0.6 is 11.0 Å². The Hall–Kier alpha value is -1.81. The van der Waals surface area contributed by atoms with Crippen LogP contribution in [0.2, 0.25) is 0 Å². The summed E-state index contributed by atoms with van der Waals surface area (Å²) in [5.41, 5.74) is 6.99. The summed E-state index contributed by atoms with van der Waals surface area (Å²) in [7, 11) is -3.30. The molecule has 2 atom stereocenters. The number of hydrogen-bond acceptors (Lipinski definition) is 8. The number of rotatable bonds is 6. The summed E-state index contributed by atoms with van der Waals surface area (Å²) in [6.07, 6.45) is 5.54. The van der Waals surface area contributed by atoms with Crippen molar-refractivity contribution in [3.8, 4) is 5.75 Å². The molecule has 8 nitrogen and oxygen atoms in total. The highest BCUT2D eigenvalue weighted by molar-refractivity contribution is 8.24. The van der Waals surface area contributed by atoms with Gasteiger partial charge in [0, 0.05) is 12.5 Å². The normalized spacial score (nSPS) is 26.9. The number of carbonyl (C=O) groups excluding carboxylic acids is 1. The maximum atomic E-state index is 11.5.